The molecule has 0 saturated carbocycles. The van der Waals surface area contributed by atoms with E-state index >= 15 is 0 Å². The monoisotopic (exact) mass is 359 g/mol. The van der Waals surface area contributed by atoms with Gasteiger partial charge in [0.05, 0.1) is 15.9 Å². The van der Waals surface area contributed by atoms with E-state index in [-0.39, 0.29) is 0 Å². The summed E-state index contributed by atoms with van der Waals surface area (Å²) in [6.45, 7) is 0. The molecule has 0 radical (unpaired) electrons. The molecule has 4 aromatic heterocycles. The zero-order chi connectivity index (χ0) is 17.5. The summed E-state index contributed by atoms with van der Waals surface area (Å²) in [5.74, 6) is 0.780. The molecule has 0 aliphatic rings. The van der Waals surface area contributed by atoms with Crippen molar-refractivity contribution >= 4 is 32.3 Å². The predicted molar refractivity (Wildman–Crippen MR) is 101 cm³/mol. The van der Waals surface area contributed by atoms with Crippen LogP contribution in [0.1, 0.15) is 11.4 Å². The molecule has 126 valence electrons. The molecule has 0 aliphatic carbocycles. The van der Waals surface area contributed by atoms with Crippen LogP contribution in [0.25, 0.3) is 27.1 Å². The fourth-order valence-corrected chi connectivity index (χ4v) is 3.69. The molecule has 26 heavy (non-hydrogen) atoms. The van der Waals surface area contributed by atoms with Crippen molar-refractivity contribution in [3.05, 3.63) is 66.2 Å². The lowest BCUT2D eigenvalue weighted by Gasteiger charge is -2.03. The Kier molecular flexibility index (Phi) is 3.36. The molecule has 0 atom stereocenters. The summed E-state index contributed by atoms with van der Waals surface area (Å²) in [6.07, 6.45) is 4.16. The van der Waals surface area contributed by atoms with Crippen LogP contribution in [0.3, 0.4) is 0 Å². The van der Waals surface area contributed by atoms with Gasteiger partial charge in [0.25, 0.3) is 0 Å². The van der Waals surface area contributed by atoms with Gasteiger partial charge in [0, 0.05) is 24.4 Å². The molecular formula is C18H13N7S. The van der Waals surface area contributed by atoms with E-state index in [1.807, 2.05) is 36.4 Å². The van der Waals surface area contributed by atoms with Gasteiger partial charge in [-0.2, -0.15) is 9.61 Å². The van der Waals surface area contributed by atoms with E-state index in [1.165, 1.54) is 11.3 Å². The van der Waals surface area contributed by atoms with Gasteiger partial charge in [-0.1, -0.05) is 17.4 Å². The van der Waals surface area contributed by atoms with E-state index < -0.39 is 0 Å². The van der Waals surface area contributed by atoms with E-state index in [2.05, 4.69) is 31.3 Å². The second kappa shape index (κ2) is 5.85. The molecule has 7 nitrogen and oxygen atoms in total. The molecule has 0 unspecified atom stereocenters. The summed E-state index contributed by atoms with van der Waals surface area (Å²) < 4.78 is 2.85. The minimum absolute atomic E-state index is 0.577. The standard InChI is InChI=1S/C18H13N7S/c19-18-21-14-4-3-11(8-15(14)26-18)9-17-23-22-16-6-5-13(24-25(16)17)12-2-1-7-20-10-12/h1-8,10H,9H2,(H2,19,21). The van der Waals surface area contributed by atoms with Gasteiger partial charge in [-0.05, 0) is 42.0 Å². The zero-order valence-corrected chi connectivity index (χ0v) is 14.4. The van der Waals surface area contributed by atoms with Gasteiger partial charge in [0.2, 0.25) is 0 Å². The molecule has 1 aromatic carbocycles. The third-order valence-corrected chi connectivity index (χ3v) is 4.96. The van der Waals surface area contributed by atoms with Crippen LogP contribution in [0.15, 0.2) is 54.9 Å². The van der Waals surface area contributed by atoms with Crippen molar-refractivity contribution < 1.29 is 0 Å². The highest BCUT2D eigenvalue weighted by molar-refractivity contribution is 7.22. The minimum atomic E-state index is 0.577. The highest BCUT2D eigenvalue weighted by atomic mass is 32.1. The summed E-state index contributed by atoms with van der Waals surface area (Å²) >= 11 is 1.48. The number of nitrogens with two attached hydrogens (primary N) is 1. The zero-order valence-electron chi connectivity index (χ0n) is 13.6. The first-order valence-electron chi connectivity index (χ1n) is 8.03. The third-order valence-electron chi connectivity index (χ3n) is 4.12. The van der Waals surface area contributed by atoms with Crippen LogP contribution in [0.4, 0.5) is 5.13 Å². The number of hydrogen-bond donors (Lipinski definition) is 1. The number of aromatic nitrogens is 6. The van der Waals surface area contributed by atoms with Crippen molar-refractivity contribution in [2.24, 2.45) is 0 Å². The van der Waals surface area contributed by atoms with Crippen LogP contribution in [-0.4, -0.2) is 29.8 Å². The molecule has 5 aromatic rings. The lowest BCUT2D eigenvalue weighted by atomic mass is 10.1. The predicted octanol–water partition coefficient (Wildman–Crippen LogP) is 2.97. The minimum Gasteiger partial charge on any atom is -0.375 e. The van der Waals surface area contributed by atoms with E-state index in [0.717, 1.165) is 38.5 Å². The van der Waals surface area contributed by atoms with E-state index in [9.17, 15) is 0 Å². The van der Waals surface area contributed by atoms with Crippen LogP contribution in [0.5, 0.6) is 0 Å². The molecule has 0 saturated heterocycles. The van der Waals surface area contributed by atoms with Gasteiger partial charge in [0.1, 0.15) is 0 Å². The Hall–Kier alpha value is -3.39. The summed E-state index contributed by atoms with van der Waals surface area (Å²) in [5, 5.41) is 13.8. The summed E-state index contributed by atoms with van der Waals surface area (Å²) in [6, 6.07) is 13.8. The summed E-state index contributed by atoms with van der Waals surface area (Å²) in [4.78, 5) is 8.45. The Bertz CT molecular complexity index is 1230. The van der Waals surface area contributed by atoms with Crippen LogP contribution in [0, 0.1) is 0 Å². The lowest BCUT2D eigenvalue weighted by Crippen LogP contribution is -2.01. The van der Waals surface area contributed by atoms with Crippen molar-refractivity contribution in [2.45, 2.75) is 6.42 Å². The maximum atomic E-state index is 5.79. The Morgan fingerprint density at radius 3 is 2.92 bits per heavy atom. The fraction of sp³-hybridized carbons (Fsp3) is 0.0556. The maximum Gasteiger partial charge on any atom is 0.181 e. The molecule has 8 heteroatoms. The Labute approximate surface area is 152 Å². The average Bonchev–Trinajstić information content (AvgIpc) is 3.24. The maximum absolute atomic E-state index is 5.79. The number of anilines is 1. The quantitative estimate of drug-likeness (QED) is 0.532. The normalized spacial score (nSPS) is 11.4. The number of benzene rings is 1. The second-order valence-corrected chi connectivity index (χ2v) is 6.94. The molecule has 2 N–H and O–H groups in total. The molecule has 0 bridgehead atoms. The summed E-state index contributed by atoms with van der Waals surface area (Å²) in [7, 11) is 0. The number of hydrogen-bond acceptors (Lipinski definition) is 7. The van der Waals surface area contributed by atoms with Crippen LogP contribution < -0.4 is 5.73 Å². The number of fused-ring (bicyclic) bond motifs is 2. The fourth-order valence-electron chi connectivity index (χ4n) is 2.89. The van der Waals surface area contributed by atoms with Crippen molar-refractivity contribution in [1.82, 2.24) is 29.8 Å². The molecule has 0 amide bonds. The number of thiazole rings is 1. The van der Waals surface area contributed by atoms with Gasteiger partial charge in [-0.15, -0.1) is 10.2 Å². The second-order valence-electron chi connectivity index (χ2n) is 5.88. The summed E-state index contributed by atoms with van der Waals surface area (Å²) in [5.41, 5.74) is 10.3. The Balaban J connectivity index is 1.55. The number of nitrogen functional groups attached to an aromatic ring is 1. The van der Waals surface area contributed by atoms with Crippen molar-refractivity contribution in [2.75, 3.05) is 5.73 Å². The Morgan fingerprint density at radius 2 is 2.04 bits per heavy atom. The molecular weight excluding hydrogens is 346 g/mol. The highest BCUT2D eigenvalue weighted by Crippen LogP contribution is 2.25. The van der Waals surface area contributed by atoms with Gasteiger partial charge in [0.15, 0.2) is 16.6 Å². The number of rotatable bonds is 3. The molecule has 0 spiro atoms. The first kappa shape index (κ1) is 14.9. The van der Waals surface area contributed by atoms with Crippen molar-refractivity contribution in [3.8, 4) is 11.3 Å². The van der Waals surface area contributed by atoms with Gasteiger partial charge in [-0.3, -0.25) is 4.98 Å². The number of pyridine rings is 1. The SMILES string of the molecule is Nc1nc2ccc(Cc3nnc4ccc(-c5cccnc5)nn34)cc2s1. The van der Waals surface area contributed by atoms with Crippen LogP contribution >= 0.6 is 11.3 Å². The smallest absolute Gasteiger partial charge is 0.181 e. The van der Waals surface area contributed by atoms with Gasteiger partial charge in [-0.25, -0.2) is 4.98 Å². The van der Waals surface area contributed by atoms with Gasteiger partial charge >= 0.3 is 0 Å². The molecule has 0 aliphatic heterocycles. The number of nitrogens with zero attached hydrogens (tertiary/aromatic N) is 6. The molecule has 0 fully saturated rings. The lowest BCUT2D eigenvalue weighted by molar-refractivity contribution is 0.842. The largest absolute Gasteiger partial charge is 0.375 e. The molecule has 4 heterocycles. The molecule has 5 rings (SSSR count). The topological polar surface area (TPSA) is 94.9 Å². The van der Waals surface area contributed by atoms with Crippen LogP contribution in [0.2, 0.25) is 0 Å². The first-order valence-corrected chi connectivity index (χ1v) is 8.84. The average molecular weight is 359 g/mol. The first-order chi connectivity index (χ1) is 12.8. The van der Waals surface area contributed by atoms with Crippen molar-refractivity contribution in [1.29, 1.82) is 0 Å². The highest BCUT2D eigenvalue weighted by Gasteiger charge is 2.11. The van der Waals surface area contributed by atoms with E-state index in [1.54, 1.807) is 16.9 Å². The Morgan fingerprint density at radius 1 is 1.08 bits per heavy atom. The van der Waals surface area contributed by atoms with E-state index in [0.29, 0.717) is 11.6 Å². The van der Waals surface area contributed by atoms with E-state index in [4.69, 9.17) is 5.73 Å². The third kappa shape index (κ3) is 2.56. The van der Waals surface area contributed by atoms with Gasteiger partial charge < -0.3 is 5.73 Å². The van der Waals surface area contributed by atoms with Crippen molar-refractivity contribution in [3.63, 3.8) is 0 Å². The van der Waals surface area contributed by atoms with Crippen LogP contribution in [-0.2, 0) is 6.42 Å².